The summed E-state index contributed by atoms with van der Waals surface area (Å²) < 4.78 is 5.75. The van der Waals surface area contributed by atoms with Crippen LogP contribution in [0.5, 0.6) is 5.75 Å². The van der Waals surface area contributed by atoms with Gasteiger partial charge in [-0.25, -0.2) is 0 Å². The van der Waals surface area contributed by atoms with Crippen LogP contribution in [0.2, 0.25) is 5.02 Å². The van der Waals surface area contributed by atoms with E-state index in [9.17, 15) is 4.79 Å². The Hall–Kier alpha value is -2.00. The largest absolute Gasteiger partial charge is 0.487 e. The molecule has 0 radical (unpaired) electrons. The normalized spacial score (nSPS) is 10.2. The lowest BCUT2D eigenvalue weighted by Gasteiger charge is -2.13. The van der Waals surface area contributed by atoms with Gasteiger partial charge in [0.15, 0.2) is 0 Å². The molecule has 0 heterocycles. The molecule has 0 aromatic heterocycles. The maximum Gasteiger partial charge on any atom is 0.224 e. The first-order valence-corrected chi connectivity index (χ1v) is 7.24. The van der Waals surface area contributed by atoms with Crippen LogP contribution in [0.1, 0.15) is 24.5 Å². The maximum atomic E-state index is 11.5. The zero-order chi connectivity index (χ0) is 15.2. The van der Waals surface area contributed by atoms with Crippen LogP contribution < -0.4 is 10.1 Å². The zero-order valence-electron chi connectivity index (χ0n) is 12.2. The van der Waals surface area contributed by atoms with Crippen LogP contribution in [-0.2, 0) is 11.4 Å². The highest BCUT2D eigenvalue weighted by Gasteiger charge is 2.07. The molecule has 0 atom stereocenters. The Bertz CT molecular complexity index is 640. The molecule has 2 rings (SSSR count). The fraction of sp³-hybridized carbons (Fsp3) is 0.235. The molecule has 0 spiro atoms. The third-order valence-corrected chi connectivity index (χ3v) is 3.38. The molecule has 0 aliphatic rings. The molecule has 21 heavy (non-hydrogen) atoms. The van der Waals surface area contributed by atoms with Gasteiger partial charge in [-0.15, -0.1) is 0 Å². The lowest BCUT2D eigenvalue weighted by atomic mass is 10.2. The summed E-state index contributed by atoms with van der Waals surface area (Å²) in [7, 11) is 0. The predicted molar refractivity (Wildman–Crippen MR) is 85.9 cm³/mol. The molecule has 3 nitrogen and oxygen atoms in total. The van der Waals surface area contributed by atoms with Crippen LogP contribution in [0.3, 0.4) is 0 Å². The van der Waals surface area contributed by atoms with Crippen molar-refractivity contribution in [3.63, 3.8) is 0 Å². The van der Waals surface area contributed by atoms with E-state index in [1.807, 2.05) is 56.3 Å². The third kappa shape index (κ3) is 4.23. The molecule has 2 aromatic rings. The molecule has 1 amide bonds. The topological polar surface area (TPSA) is 38.3 Å². The van der Waals surface area contributed by atoms with Gasteiger partial charge in [0.1, 0.15) is 12.4 Å². The number of hydrogen-bond acceptors (Lipinski definition) is 2. The van der Waals surface area contributed by atoms with Gasteiger partial charge < -0.3 is 10.1 Å². The van der Waals surface area contributed by atoms with Crippen molar-refractivity contribution in [2.24, 2.45) is 0 Å². The second kappa shape index (κ2) is 7.14. The van der Waals surface area contributed by atoms with E-state index in [0.29, 0.717) is 23.8 Å². The first-order chi connectivity index (χ1) is 10.1. The van der Waals surface area contributed by atoms with Crippen LogP contribution in [0.15, 0.2) is 42.5 Å². The van der Waals surface area contributed by atoms with Gasteiger partial charge in [0.05, 0.1) is 5.02 Å². The molecule has 4 heteroatoms. The SMILES string of the molecule is CCC(=O)Nc1ccccc1COc1ccc(C)cc1Cl. The summed E-state index contributed by atoms with van der Waals surface area (Å²) in [6.45, 7) is 4.15. The number of carbonyl (C=O) groups is 1. The van der Waals surface area contributed by atoms with E-state index in [1.54, 1.807) is 0 Å². The highest BCUT2D eigenvalue weighted by Crippen LogP contribution is 2.27. The number of carbonyl (C=O) groups excluding carboxylic acids is 1. The number of rotatable bonds is 5. The van der Waals surface area contributed by atoms with Crippen molar-refractivity contribution < 1.29 is 9.53 Å². The van der Waals surface area contributed by atoms with Gasteiger partial charge in [-0.2, -0.15) is 0 Å². The Kier molecular flexibility index (Phi) is 5.23. The van der Waals surface area contributed by atoms with Gasteiger partial charge in [-0.05, 0) is 30.7 Å². The van der Waals surface area contributed by atoms with Crippen molar-refractivity contribution in [2.75, 3.05) is 5.32 Å². The summed E-state index contributed by atoms with van der Waals surface area (Å²) >= 11 is 6.15. The van der Waals surface area contributed by atoms with Crippen LogP contribution in [0.4, 0.5) is 5.69 Å². The summed E-state index contributed by atoms with van der Waals surface area (Å²) in [6.07, 6.45) is 0.443. The molecule has 0 saturated heterocycles. The molecule has 0 aliphatic heterocycles. The summed E-state index contributed by atoms with van der Waals surface area (Å²) in [4.78, 5) is 11.5. The first-order valence-electron chi connectivity index (χ1n) is 6.87. The molecule has 110 valence electrons. The number of ether oxygens (including phenoxy) is 1. The average Bonchev–Trinajstić information content (AvgIpc) is 2.47. The van der Waals surface area contributed by atoms with Gasteiger partial charge in [-0.3, -0.25) is 4.79 Å². The molecular weight excluding hydrogens is 286 g/mol. The number of benzene rings is 2. The minimum absolute atomic E-state index is 0.0178. The van der Waals surface area contributed by atoms with Gasteiger partial charge in [-0.1, -0.05) is 42.8 Å². The Morgan fingerprint density at radius 3 is 2.71 bits per heavy atom. The molecule has 0 aliphatic carbocycles. The predicted octanol–water partition coefficient (Wildman–Crippen LogP) is 4.58. The molecule has 0 saturated carbocycles. The second-order valence-corrected chi connectivity index (χ2v) is 5.19. The van der Waals surface area contributed by atoms with E-state index in [2.05, 4.69) is 5.32 Å². The molecule has 0 unspecified atom stereocenters. The average molecular weight is 304 g/mol. The fourth-order valence-corrected chi connectivity index (χ4v) is 2.17. The molecule has 1 N–H and O–H groups in total. The quantitative estimate of drug-likeness (QED) is 0.878. The standard InChI is InChI=1S/C17H18ClNO2/c1-3-17(20)19-15-7-5-4-6-13(15)11-21-16-9-8-12(2)10-14(16)18/h4-10H,3,11H2,1-2H3,(H,19,20). The molecule has 0 bridgehead atoms. The number of anilines is 1. The number of para-hydroxylation sites is 1. The Balaban J connectivity index is 2.11. The van der Waals surface area contributed by atoms with Crippen molar-refractivity contribution in [1.82, 2.24) is 0 Å². The smallest absolute Gasteiger partial charge is 0.224 e. The van der Waals surface area contributed by atoms with Gasteiger partial charge in [0.25, 0.3) is 0 Å². The summed E-state index contributed by atoms with van der Waals surface area (Å²) in [6, 6.07) is 13.2. The first kappa shape index (κ1) is 15.4. The van der Waals surface area contributed by atoms with Crippen LogP contribution in [0.25, 0.3) is 0 Å². The minimum atomic E-state index is -0.0178. The van der Waals surface area contributed by atoms with Crippen molar-refractivity contribution >= 4 is 23.2 Å². The Labute approximate surface area is 129 Å². The highest BCUT2D eigenvalue weighted by molar-refractivity contribution is 6.32. The van der Waals surface area contributed by atoms with Gasteiger partial charge >= 0.3 is 0 Å². The van der Waals surface area contributed by atoms with Gasteiger partial charge in [0, 0.05) is 17.7 Å². The molecular formula is C17H18ClNO2. The van der Waals surface area contributed by atoms with Gasteiger partial charge in [0.2, 0.25) is 5.91 Å². The van der Waals surface area contributed by atoms with Crippen molar-refractivity contribution in [3.8, 4) is 5.75 Å². The summed E-state index contributed by atoms with van der Waals surface area (Å²) in [5, 5.41) is 3.46. The second-order valence-electron chi connectivity index (χ2n) is 4.78. The minimum Gasteiger partial charge on any atom is -0.487 e. The fourth-order valence-electron chi connectivity index (χ4n) is 1.89. The zero-order valence-corrected chi connectivity index (χ0v) is 12.9. The number of halogens is 1. The van der Waals surface area contributed by atoms with Crippen LogP contribution in [0, 0.1) is 6.92 Å². The van der Waals surface area contributed by atoms with Crippen molar-refractivity contribution in [2.45, 2.75) is 26.9 Å². The number of nitrogens with one attached hydrogen (secondary N) is 1. The summed E-state index contributed by atoms with van der Waals surface area (Å²) in [5.74, 6) is 0.620. The number of aryl methyl sites for hydroxylation is 1. The third-order valence-electron chi connectivity index (χ3n) is 3.08. The van der Waals surface area contributed by atoms with E-state index in [0.717, 1.165) is 16.8 Å². The van der Waals surface area contributed by atoms with Crippen LogP contribution in [-0.4, -0.2) is 5.91 Å². The lowest BCUT2D eigenvalue weighted by molar-refractivity contribution is -0.115. The van der Waals surface area contributed by atoms with E-state index in [1.165, 1.54) is 0 Å². The van der Waals surface area contributed by atoms with E-state index in [4.69, 9.17) is 16.3 Å². The lowest BCUT2D eigenvalue weighted by Crippen LogP contribution is -2.12. The highest BCUT2D eigenvalue weighted by atomic mass is 35.5. The maximum absolute atomic E-state index is 11.5. The van der Waals surface area contributed by atoms with Crippen LogP contribution >= 0.6 is 11.6 Å². The van der Waals surface area contributed by atoms with E-state index >= 15 is 0 Å². The molecule has 2 aromatic carbocycles. The monoisotopic (exact) mass is 303 g/mol. The van der Waals surface area contributed by atoms with Crippen molar-refractivity contribution in [3.05, 3.63) is 58.6 Å². The molecule has 0 fully saturated rings. The number of hydrogen-bond donors (Lipinski definition) is 1. The van der Waals surface area contributed by atoms with Crippen molar-refractivity contribution in [1.29, 1.82) is 0 Å². The Morgan fingerprint density at radius 1 is 1.24 bits per heavy atom. The van der Waals surface area contributed by atoms with E-state index in [-0.39, 0.29) is 5.91 Å². The summed E-state index contributed by atoms with van der Waals surface area (Å²) in [5.41, 5.74) is 2.77. The Morgan fingerprint density at radius 2 is 2.00 bits per heavy atom. The van der Waals surface area contributed by atoms with E-state index < -0.39 is 0 Å². The number of amides is 1.